The Morgan fingerprint density at radius 1 is 1.30 bits per heavy atom. The van der Waals surface area contributed by atoms with Crippen LogP contribution in [0.15, 0.2) is 41.4 Å². The molecule has 2 heterocycles. The molecule has 0 radical (unpaired) electrons. The lowest BCUT2D eigenvalue weighted by Crippen LogP contribution is -2.26. The number of aliphatic hydroxyl groups excluding tert-OH is 1. The number of aromatic nitrogens is 1. The fraction of sp³-hybridized carbons (Fsp3) is 0.312. The zero-order valence-corrected chi connectivity index (χ0v) is 13.6. The molecular weight excluding hydrogens is 314 g/mol. The first-order chi connectivity index (χ1) is 11.0. The number of aliphatic hydroxyl groups is 1. The van der Waals surface area contributed by atoms with E-state index in [1.807, 2.05) is 6.07 Å². The molecule has 0 bridgehead atoms. The second-order valence-electron chi connectivity index (χ2n) is 5.58. The van der Waals surface area contributed by atoms with E-state index in [1.165, 1.54) is 0 Å². The quantitative estimate of drug-likeness (QED) is 0.769. The highest BCUT2D eigenvalue weighted by Crippen LogP contribution is 2.33. The van der Waals surface area contributed by atoms with Crippen molar-refractivity contribution >= 4 is 15.8 Å². The molecule has 1 unspecified atom stereocenters. The van der Waals surface area contributed by atoms with Gasteiger partial charge in [0.1, 0.15) is 5.82 Å². The smallest absolute Gasteiger partial charge is 0.240 e. The van der Waals surface area contributed by atoms with Crippen LogP contribution in [0.4, 0.5) is 5.82 Å². The van der Waals surface area contributed by atoms with E-state index in [2.05, 4.69) is 21.9 Å². The number of hydrogen-bond acceptors (Lipinski definition) is 5. The molecule has 1 aliphatic heterocycles. The van der Waals surface area contributed by atoms with Crippen LogP contribution in [0.3, 0.4) is 0 Å². The number of rotatable bonds is 5. The van der Waals surface area contributed by atoms with E-state index in [0.717, 1.165) is 28.9 Å². The van der Waals surface area contributed by atoms with Gasteiger partial charge in [-0.1, -0.05) is 12.1 Å². The second-order valence-corrected chi connectivity index (χ2v) is 7.35. The number of benzene rings is 1. The van der Waals surface area contributed by atoms with Crippen LogP contribution in [0.5, 0.6) is 0 Å². The number of sulfonamides is 1. The lowest BCUT2D eigenvalue weighted by atomic mass is 9.99. The monoisotopic (exact) mass is 333 g/mol. The lowest BCUT2D eigenvalue weighted by Gasteiger charge is -2.09. The molecule has 0 spiro atoms. The van der Waals surface area contributed by atoms with Crippen molar-refractivity contribution in [2.45, 2.75) is 24.3 Å². The fourth-order valence-corrected chi connectivity index (χ4v) is 3.78. The van der Waals surface area contributed by atoms with Gasteiger partial charge >= 0.3 is 0 Å². The Morgan fingerprint density at radius 2 is 2.04 bits per heavy atom. The maximum absolute atomic E-state index is 12.0. The van der Waals surface area contributed by atoms with Gasteiger partial charge in [-0.2, -0.15) is 0 Å². The van der Waals surface area contributed by atoms with Gasteiger partial charge in [-0.3, -0.25) is 0 Å². The Labute approximate surface area is 135 Å². The van der Waals surface area contributed by atoms with E-state index in [1.54, 1.807) is 30.5 Å². The summed E-state index contributed by atoms with van der Waals surface area (Å²) < 4.78 is 26.4. The molecule has 122 valence electrons. The molecule has 3 rings (SSSR count). The van der Waals surface area contributed by atoms with Gasteiger partial charge in [0, 0.05) is 24.3 Å². The van der Waals surface area contributed by atoms with E-state index in [4.69, 9.17) is 5.11 Å². The van der Waals surface area contributed by atoms with Gasteiger partial charge in [0.05, 0.1) is 11.5 Å². The average molecular weight is 333 g/mol. The van der Waals surface area contributed by atoms with Gasteiger partial charge in [0.25, 0.3) is 0 Å². The molecular formula is C16H19N3O3S. The van der Waals surface area contributed by atoms with Crippen molar-refractivity contribution in [2.24, 2.45) is 0 Å². The van der Waals surface area contributed by atoms with Crippen molar-refractivity contribution in [2.75, 3.05) is 18.5 Å². The molecule has 0 aliphatic carbocycles. The van der Waals surface area contributed by atoms with Crippen LogP contribution in [0.25, 0.3) is 11.1 Å². The highest BCUT2D eigenvalue weighted by Gasteiger charge is 2.21. The van der Waals surface area contributed by atoms with Gasteiger partial charge in [-0.15, -0.1) is 0 Å². The summed E-state index contributed by atoms with van der Waals surface area (Å²) in [4.78, 5) is 4.53. The van der Waals surface area contributed by atoms with Crippen LogP contribution >= 0.6 is 0 Å². The molecule has 0 saturated heterocycles. The van der Waals surface area contributed by atoms with Gasteiger partial charge in [0.15, 0.2) is 0 Å². The van der Waals surface area contributed by atoms with Gasteiger partial charge in [0.2, 0.25) is 10.0 Å². The van der Waals surface area contributed by atoms with Crippen molar-refractivity contribution in [3.05, 3.63) is 42.1 Å². The summed E-state index contributed by atoms with van der Waals surface area (Å²) in [6, 6.07) is 9.05. The van der Waals surface area contributed by atoms with Gasteiger partial charge in [-0.25, -0.2) is 18.1 Å². The molecule has 1 aromatic heterocycles. The van der Waals surface area contributed by atoms with Crippen molar-refractivity contribution < 1.29 is 13.5 Å². The third-order valence-corrected chi connectivity index (χ3v) is 5.31. The first-order valence-corrected chi connectivity index (χ1v) is 8.95. The lowest BCUT2D eigenvalue weighted by molar-refractivity contribution is 0.301. The first kappa shape index (κ1) is 15.9. The predicted molar refractivity (Wildman–Crippen MR) is 88.7 cm³/mol. The summed E-state index contributed by atoms with van der Waals surface area (Å²) in [5.41, 5.74) is 3.19. The van der Waals surface area contributed by atoms with E-state index in [9.17, 15) is 8.42 Å². The zero-order chi connectivity index (χ0) is 16.4. The van der Waals surface area contributed by atoms with Crippen LogP contribution in [0.1, 0.15) is 12.5 Å². The highest BCUT2D eigenvalue weighted by molar-refractivity contribution is 7.89. The molecule has 2 aromatic rings. The largest absolute Gasteiger partial charge is 0.395 e. The molecule has 23 heavy (non-hydrogen) atoms. The number of hydrogen-bond donors (Lipinski definition) is 3. The van der Waals surface area contributed by atoms with Crippen LogP contribution in [-0.2, 0) is 16.4 Å². The minimum Gasteiger partial charge on any atom is -0.395 e. The molecule has 7 heteroatoms. The highest BCUT2D eigenvalue weighted by atomic mass is 32.2. The van der Waals surface area contributed by atoms with Crippen LogP contribution < -0.4 is 10.0 Å². The SMILES string of the molecule is CC1Cc2c(-c3ccc(S(=O)(=O)NCCO)cc3)ccnc2N1. The van der Waals surface area contributed by atoms with Gasteiger partial charge in [-0.05, 0) is 42.7 Å². The van der Waals surface area contributed by atoms with E-state index < -0.39 is 10.0 Å². The Hall–Kier alpha value is -1.96. The molecule has 3 N–H and O–H groups in total. The summed E-state index contributed by atoms with van der Waals surface area (Å²) in [6.07, 6.45) is 2.66. The molecule has 1 atom stereocenters. The summed E-state index contributed by atoms with van der Waals surface area (Å²) >= 11 is 0. The van der Waals surface area contributed by atoms with Crippen molar-refractivity contribution in [3.8, 4) is 11.1 Å². The molecule has 0 fully saturated rings. The van der Waals surface area contributed by atoms with Crippen LogP contribution in [-0.4, -0.2) is 37.7 Å². The predicted octanol–water partition coefficient (Wildman–Crippen LogP) is 1.38. The summed E-state index contributed by atoms with van der Waals surface area (Å²) in [7, 11) is -3.58. The standard InChI is InChI=1S/C16H19N3O3S/c1-11-10-15-14(6-7-17-16(15)19-11)12-2-4-13(5-3-12)23(21,22)18-8-9-20/h2-7,11,18,20H,8-10H2,1H3,(H,17,19). The third-order valence-electron chi connectivity index (χ3n) is 3.83. The minimum absolute atomic E-state index is 0.00546. The topological polar surface area (TPSA) is 91.3 Å². The molecule has 1 aromatic carbocycles. The Kier molecular flexibility index (Phi) is 4.34. The van der Waals surface area contributed by atoms with Gasteiger partial charge < -0.3 is 10.4 Å². The maximum atomic E-state index is 12.0. The third kappa shape index (κ3) is 3.21. The summed E-state index contributed by atoms with van der Waals surface area (Å²) in [6.45, 7) is 1.88. The maximum Gasteiger partial charge on any atom is 0.240 e. The number of anilines is 1. The Balaban J connectivity index is 1.91. The Morgan fingerprint density at radius 3 is 2.74 bits per heavy atom. The number of fused-ring (bicyclic) bond motifs is 1. The van der Waals surface area contributed by atoms with E-state index in [0.29, 0.717) is 6.04 Å². The number of nitrogens with zero attached hydrogens (tertiary/aromatic N) is 1. The minimum atomic E-state index is -3.58. The molecule has 1 aliphatic rings. The fourth-order valence-electron chi connectivity index (χ4n) is 2.76. The average Bonchev–Trinajstić information content (AvgIpc) is 2.93. The number of pyridine rings is 1. The van der Waals surface area contributed by atoms with E-state index in [-0.39, 0.29) is 18.0 Å². The van der Waals surface area contributed by atoms with Crippen LogP contribution in [0, 0.1) is 0 Å². The first-order valence-electron chi connectivity index (χ1n) is 7.46. The zero-order valence-electron chi connectivity index (χ0n) is 12.8. The van der Waals surface area contributed by atoms with Crippen molar-refractivity contribution in [1.82, 2.24) is 9.71 Å². The molecule has 0 saturated carbocycles. The van der Waals surface area contributed by atoms with Crippen LogP contribution in [0.2, 0.25) is 0 Å². The molecule has 6 nitrogen and oxygen atoms in total. The second kappa shape index (κ2) is 6.27. The van der Waals surface area contributed by atoms with E-state index >= 15 is 0 Å². The molecule has 0 amide bonds. The summed E-state index contributed by atoms with van der Waals surface area (Å²) in [5, 5.41) is 12.1. The normalized spacial score (nSPS) is 16.9. The van der Waals surface area contributed by atoms with Crippen molar-refractivity contribution in [1.29, 1.82) is 0 Å². The van der Waals surface area contributed by atoms with Crippen molar-refractivity contribution in [3.63, 3.8) is 0 Å². The summed E-state index contributed by atoms with van der Waals surface area (Å²) in [5.74, 6) is 0.899. The Bertz CT molecular complexity index is 804. The number of nitrogens with one attached hydrogen (secondary N) is 2.